The summed E-state index contributed by atoms with van der Waals surface area (Å²) < 4.78 is 6.20. The molecule has 2 saturated heterocycles. The number of halogens is 1. The summed E-state index contributed by atoms with van der Waals surface area (Å²) in [4.78, 5) is 36.0. The molecule has 0 unspecified atom stereocenters. The van der Waals surface area contributed by atoms with Gasteiger partial charge in [0.1, 0.15) is 10.9 Å². The zero-order valence-electron chi connectivity index (χ0n) is 20.1. The van der Waals surface area contributed by atoms with Crippen molar-refractivity contribution < 1.29 is 19.4 Å². The van der Waals surface area contributed by atoms with Crippen LogP contribution in [0, 0.1) is 0 Å². The molecule has 1 amide bonds. The zero-order valence-corrected chi connectivity index (χ0v) is 21.7. The third-order valence-electron chi connectivity index (χ3n) is 7.10. The maximum Gasteiger partial charge on any atom is 0.337 e. The molecule has 2 fully saturated rings. The summed E-state index contributed by atoms with van der Waals surface area (Å²) in [5.74, 6) is -1.12. The van der Waals surface area contributed by atoms with E-state index in [0.717, 1.165) is 49.6 Å². The fraction of sp³-hybridized carbons (Fsp3) is 0.520. The summed E-state index contributed by atoms with van der Waals surface area (Å²) in [6.07, 6.45) is 3.84. The molecule has 1 aromatic carbocycles. The summed E-state index contributed by atoms with van der Waals surface area (Å²) in [5, 5.41) is 17.8. The van der Waals surface area contributed by atoms with Crippen LogP contribution in [0.15, 0.2) is 33.9 Å². The van der Waals surface area contributed by atoms with Gasteiger partial charge in [0.15, 0.2) is 5.13 Å². The molecule has 3 aliphatic rings. The number of ether oxygens (including phenoxy) is 1. The van der Waals surface area contributed by atoms with Crippen molar-refractivity contribution in [2.45, 2.75) is 57.2 Å². The molecule has 0 aliphatic carbocycles. The Bertz CT molecular complexity index is 1220. The Balaban J connectivity index is 1.33. The first-order chi connectivity index (χ1) is 17.4. The van der Waals surface area contributed by atoms with E-state index >= 15 is 0 Å². The van der Waals surface area contributed by atoms with Gasteiger partial charge in [-0.25, -0.2) is 14.8 Å². The van der Waals surface area contributed by atoms with Crippen molar-refractivity contribution in [3.05, 3.63) is 34.5 Å². The lowest BCUT2D eigenvalue weighted by atomic mass is 9.96. The molecule has 1 aromatic heterocycles. The molecule has 0 saturated carbocycles. The minimum absolute atomic E-state index is 0.00663. The number of hydrogen-bond donors (Lipinski definition) is 3. The number of allylic oxidation sites excluding steroid dienone is 1. The van der Waals surface area contributed by atoms with Crippen LogP contribution in [-0.2, 0) is 9.53 Å². The van der Waals surface area contributed by atoms with Crippen molar-refractivity contribution in [2.24, 2.45) is 4.99 Å². The lowest BCUT2D eigenvalue weighted by Crippen LogP contribution is -2.62. The number of nitrogens with one attached hydrogen (secondary N) is 2. The molecule has 5 rings (SSSR count). The van der Waals surface area contributed by atoms with E-state index in [1.165, 1.54) is 11.3 Å². The van der Waals surface area contributed by atoms with Crippen LogP contribution in [0.5, 0.6) is 0 Å². The van der Waals surface area contributed by atoms with Crippen molar-refractivity contribution in [3.63, 3.8) is 0 Å². The van der Waals surface area contributed by atoms with E-state index in [-0.39, 0.29) is 23.6 Å². The Morgan fingerprint density at radius 1 is 1.25 bits per heavy atom. The number of carbonyl (C=O) groups excluding carboxylic acids is 1. The Hall–Kier alpha value is -2.53. The molecule has 2 atom stereocenters. The van der Waals surface area contributed by atoms with E-state index in [4.69, 9.17) is 21.3 Å². The SMILES string of the molecule is CCC1=C(Cl)N=C(C(=O)N[C@@H]2CCN(c3nc4cccc(C(=O)O)c4s3)C[C@@H]2NC2CCOCC2)C1. The summed E-state index contributed by atoms with van der Waals surface area (Å²) >= 11 is 7.61. The number of amides is 1. The number of nitrogens with zero attached hydrogens (tertiary/aromatic N) is 3. The van der Waals surface area contributed by atoms with E-state index < -0.39 is 5.97 Å². The Labute approximate surface area is 218 Å². The quantitative estimate of drug-likeness (QED) is 0.468. The molecule has 0 radical (unpaired) electrons. The molecule has 192 valence electrons. The summed E-state index contributed by atoms with van der Waals surface area (Å²) in [6.45, 7) is 4.81. The normalized spacial score (nSPS) is 23.3. The number of aliphatic imine (C=N–C) groups is 1. The van der Waals surface area contributed by atoms with Gasteiger partial charge in [-0.05, 0) is 43.4 Å². The lowest BCUT2D eigenvalue weighted by molar-refractivity contribution is -0.115. The fourth-order valence-electron chi connectivity index (χ4n) is 5.04. The van der Waals surface area contributed by atoms with Crippen LogP contribution >= 0.6 is 22.9 Å². The van der Waals surface area contributed by atoms with E-state index in [2.05, 4.69) is 20.5 Å². The fourth-order valence-corrected chi connectivity index (χ4v) is 6.45. The van der Waals surface area contributed by atoms with Crippen molar-refractivity contribution in [2.75, 3.05) is 31.2 Å². The van der Waals surface area contributed by atoms with E-state index in [0.29, 0.717) is 46.6 Å². The molecule has 9 nitrogen and oxygen atoms in total. The van der Waals surface area contributed by atoms with Gasteiger partial charge in [-0.2, -0.15) is 0 Å². The second kappa shape index (κ2) is 10.8. The molecule has 0 spiro atoms. The second-order valence-electron chi connectivity index (χ2n) is 9.41. The van der Waals surface area contributed by atoms with Gasteiger partial charge in [-0.15, -0.1) is 0 Å². The summed E-state index contributed by atoms with van der Waals surface area (Å²) in [6, 6.07) is 5.41. The van der Waals surface area contributed by atoms with E-state index in [1.54, 1.807) is 12.1 Å². The topological polar surface area (TPSA) is 116 Å². The van der Waals surface area contributed by atoms with Gasteiger partial charge >= 0.3 is 5.97 Å². The predicted octanol–water partition coefficient (Wildman–Crippen LogP) is 3.53. The highest BCUT2D eigenvalue weighted by Crippen LogP contribution is 2.33. The van der Waals surface area contributed by atoms with Gasteiger partial charge < -0.3 is 25.4 Å². The molecule has 11 heteroatoms. The van der Waals surface area contributed by atoms with E-state index in [9.17, 15) is 14.7 Å². The number of fused-ring (bicyclic) bond motifs is 1. The maximum atomic E-state index is 13.1. The standard InChI is InChI=1S/C25H30ClN5O4S/c1-2-14-12-19(28-22(14)26)23(32)29-17-6-9-31(13-20(17)27-15-7-10-35-11-8-15)25-30-18-5-3-4-16(24(33)34)21(18)36-25/h3-5,15,17,20,27H,2,6-13H2,1H3,(H,29,32)(H,33,34)/t17-,20+/m1/s1. The number of carboxylic acids is 1. The largest absolute Gasteiger partial charge is 0.478 e. The van der Waals surface area contributed by atoms with Crippen LogP contribution in [0.25, 0.3) is 10.2 Å². The second-order valence-corrected chi connectivity index (χ2v) is 10.7. The van der Waals surface area contributed by atoms with Crippen molar-refractivity contribution in [1.82, 2.24) is 15.6 Å². The van der Waals surface area contributed by atoms with Crippen molar-refractivity contribution >= 4 is 55.9 Å². The number of benzene rings is 1. The van der Waals surface area contributed by atoms with Gasteiger partial charge in [-0.3, -0.25) is 4.79 Å². The van der Waals surface area contributed by atoms with Crippen LogP contribution in [0.2, 0.25) is 0 Å². The number of carbonyl (C=O) groups is 2. The minimum Gasteiger partial charge on any atom is -0.478 e. The van der Waals surface area contributed by atoms with Gasteiger partial charge in [-0.1, -0.05) is 35.9 Å². The predicted molar refractivity (Wildman–Crippen MR) is 141 cm³/mol. The van der Waals surface area contributed by atoms with Crippen molar-refractivity contribution in [1.29, 1.82) is 0 Å². The van der Waals surface area contributed by atoms with Crippen LogP contribution < -0.4 is 15.5 Å². The number of hydrogen-bond acceptors (Lipinski definition) is 8. The van der Waals surface area contributed by atoms with Gasteiger partial charge in [0.2, 0.25) is 0 Å². The van der Waals surface area contributed by atoms with Gasteiger partial charge in [0.05, 0.1) is 15.8 Å². The highest BCUT2D eigenvalue weighted by molar-refractivity contribution is 7.22. The van der Waals surface area contributed by atoms with Gasteiger partial charge in [0.25, 0.3) is 5.91 Å². The monoisotopic (exact) mass is 531 g/mol. The first-order valence-electron chi connectivity index (χ1n) is 12.4. The summed E-state index contributed by atoms with van der Waals surface area (Å²) in [7, 11) is 0. The van der Waals surface area contributed by atoms with E-state index in [1.807, 2.05) is 13.0 Å². The Morgan fingerprint density at radius 2 is 2.06 bits per heavy atom. The molecule has 3 aliphatic heterocycles. The maximum absolute atomic E-state index is 13.1. The van der Waals surface area contributed by atoms with Gasteiger partial charge in [0, 0.05) is 50.8 Å². The first-order valence-corrected chi connectivity index (χ1v) is 13.6. The number of rotatable bonds is 7. The third-order valence-corrected chi connectivity index (χ3v) is 8.62. The number of piperidine rings is 1. The highest BCUT2D eigenvalue weighted by atomic mass is 35.5. The first kappa shape index (κ1) is 25.1. The van der Waals surface area contributed by atoms with Crippen molar-refractivity contribution in [3.8, 4) is 0 Å². The lowest BCUT2D eigenvalue weighted by Gasteiger charge is -2.41. The molecule has 36 heavy (non-hydrogen) atoms. The number of anilines is 1. The van der Waals surface area contributed by atoms with Crippen LogP contribution in [0.3, 0.4) is 0 Å². The average molecular weight is 532 g/mol. The molecule has 2 aromatic rings. The van der Waals surface area contributed by atoms with Crippen LogP contribution in [0.1, 0.15) is 49.4 Å². The summed E-state index contributed by atoms with van der Waals surface area (Å²) in [5.41, 5.74) is 2.42. The number of thiazole rings is 1. The number of aromatic carboxylic acids is 1. The molecule has 0 bridgehead atoms. The minimum atomic E-state index is -0.952. The molecular weight excluding hydrogens is 502 g/mol. The molecule has 3 N–H and O–H groups in total. The van der Waals surface area contributed by atoms with Crippen LogP contribution in [0.4, 0.5) is 5.13 Å². The smallest absolute Gasteiger partial charge is 0.337 e. The Morgan fingerprint density at radius 3 is 2.78 bits per heavy atom. The number of carboxylic acid groups (broad SMARTS) is 1. The molecular formula is C25H30ClN5O4S. The zero-order chi connectivity index (χ0) is 25.2. The average Bonchev–Trinajstić information content (AvgIpc) is 3.49. The molecule has 4 heterocycles. The third kappa shape index (κ3) is 5.27. The van der Waals surface area contributed by atoms with Crippen LogP contribution in [-0.4, -0.2) is 72.1 Å². The number of aromatic nitrogens is 1. The Kier molecular flexibility index (Phi) is 7.57. The highest BCUT2D eigenvalue weighted by Gasteiger charge is 2.35.